The minimum Gasteiger partial charge on any atom is -0.342 e. The summed E-state index contributed by atoms with van der Waals surface area (Å²) in [6, 6.07) is 1.59. The average molecular weight is 330 g/mol. The fourth-order valence-electron chi connectivity index (χ4n) is 2.30. The second-order valence-corrected chi connectivity index (χ2v) is 6.65. The Morgan fingerprint density at radius 1 is 1.29 bits per heavy atom. The Morgan fingerprint density at radius 2 is 1.92 bits per heavy atom. The lowest BCUT2D eigenvalue weighted by molar-refractivity contribution is -0.124. The van der Waals surface area contributed by atoms with E-state index in [0.29, 0.717) is 0 Å². The van der Waals surface area contributed by atoms with Gasteiger partial charge in [-0.2, -0.15) is 0 Å². The van der Waals surface area contributed by atoms with Crippen molar-refractivity contribution in [1.82, 2.24) is 15.2 Å². The molecule has 2 rings (SSSR count). The van der Waals surface area contributed by atoms with Gasteiger partial charge in [0.1, 0.15) is 11.2 Å². The normalized spacial score (nSPS) is 20.0. The Morgan fingerprint density at radius 3 is 2.42 bits per heavy atom. The quantitative estimate of drug-likeness (QED) is 0.657. The molecule has 2 heterocycles. The zero-order valence-corrected chi connectivity index (χ0v) is 14.8. The molecule has 24 heavy (non-hydrogen) atoms. The maximum atomic E-state index is 12.5. The summed E-state index contributed by atoms with van der Waals surface area (Å²) in [6.07, 6.45) is 1.58. The van der Waals surface area contributed by atoms with Gasteiger partial charge in [0, 0.05) is 20.3 Å². The third-order valence-electron chi connectivity index (χ3n) is 4.25. The van der Waals surface area contributed by atoms with Crippen LogP contribution in [0, 0.1) is 12.8 Å². The van der Waals surface area contributed by atoms with Crippen molar-refractivity contribution >= 4 is 23.4 Å². The van der Waals surface area contributed by atoms with Crippen molar-refractivity contribution < 1.29 is 14.4 Å². The van der Waals surface area contributed by atoms with Gasteiger partial charge in [0.2, 0.25) is 0 Å². The summed E-state index contributed by atoms with van der Waals surface area (Å²) in [5.74, 6) is -1.37. The maximum absolute atomic E-state index is 12.5. The lowest BCUT2D eigenvalue weighted by atomic mass is 9.89. The molecule has 1 unspecified atom stereocenters. The van der Waals surface area contributed by atoms with Crippen molar-refractivity contribution in [2.75, 3.05) is 14.1 Å². The van der Waals surface area contributed by atoms with E-state index < -0.39 is 17.2 Å². The minimum atomic E-state index is -0.923. The molecular weight excluding hydrogens is 308 g/mol. The predicted molar refractivity (Wildman–Crippen MR) is 89.9 cm³/mol. The zero-order chi connectivity index (χ0) is 18.2. The highest BCUT2D eigenvalue weighted by atomic mass is 16.2. The number of ketones is 1. The number of nitrogens with one attached hydrogen (secondary N) is 1. The first-order valence-corrected chi connectivity index (χ1v) is 7.72. The molecule has 0 spiro atoms. The number of aromatic nitrogens is 1. The summed E-state index contributed by atoms with van der Waals surface area (Å²) in [6.45, 7) is 7.31. The van der Waals surface area contributed by atoms with Crippen LogP contribution in [0.3, 0.4) is 0 Å². The number of carbonyl (C=O) groups excluding carboxylic acids is 3. The predicted octanol–water partition coefficient (Wildman–Crippen LogP) is 0.952. The van der Waals surface area contributed by atoms with E-state index >= 15 is 0 Å². The van der Waals surface area contributed by atoms with E-state index in [1.54, 1.807) is 26.1 Å². The number of nitrogens with zero attached hydrogens (tertiary/aromatic N) is 3. The third kappa shape index (κ3) is 2.93. The second kappa shape index (κ2) is 6.14. The Hall–Kier alpha value is -2.57. The molecule has 0 fully saturated rings. The number of likely N-dealkylation sites (N-methyl/N-ethyl adjacent to an activating group) is 1. The van der Waals surface area contributed by atoms with Gasteiger partial charge in [0.05, 0.1) is 5.56 Å². The number of hydrogen-bond acceptors (Lipinski definition) is 5. The molecular formula is C17H22N4O3. The van der Waals surface area contributed by atoms with E-state index in [1.165, 1.54) is 19.0 Å². The van der Waals surface area contributed by atoms with Gasteiger partial charge in [-0.15, -0.1) is 0 Å². The van der Waals surface area contributed by atoms with Gasteiger partial charge in [-0.3, -0.25) is 19.4 Å². The van der Waals surface area contributed by atoms with Crippen molar-refractivity contribution in [2.45, 2.75) is 33.2 Å². The standard InChI is InChI=1S/C17H22N4O3/c1-9(2)17(4)16(24)19-14(20-17)12-11(7-10(3)8-18-12)13(22)15(23)21(5)6/h7-9H,1-6H3,(H,19,20,24). The van der Waals surface area contributed by atoms with Crippen LogP contribution in [-0.2, 0) is 9.59 Å². The van der Waals surface area contributed by atoms with E-state index in [9.17, 15) is 14.4 Å². The fourth-order valence-corrected chi connectivity index (χ4v) is 2.30. The summed E-state index contributed by atoms with van der Waals surface area (Å²) < 4.78 is 0. The van der Waals surface area contributed by atoms with Crippen LogP contribution >= 0.6 is 0 Å². The SMILES string of the molecule is Cc1cnc(C2=NC(C)(C(C)C)C(=O)N2)c(C(=O)C(=O)N(C)C)c1. The number of amidine groups is 1. The molecule has 1 atom stereocenters. The van der Waals surface area contributed by atoms with Crippen LogP contribution in [0.1, 0.15) is 42.4 Å². The fraction of sp³-hybridized carbons (Fsp3) is 0.471. The van der Waals surface area contributed by atoms with Gasteiger partial charge in [-0.05, 0) is 31.4 Å². The van der Waals surface area contributed by atoms with Crippen molar-refractivity contribution in [1.29, 1.82) is 0 Å². The summed E-state index contributed by atoms with van der Waals surface area (Å²) in [5, 5.41) is 2.70. The van der Waals surface area contributed by atoms with Crippen molar-refractivity contribution in [2.24, 2.45) is 10.9 Å². The Balaban J connectivity index is 2.55. The van der Waals surface area contributed by atoms with Gasteiger partial charge in [-0.25, -0.2) is 4.99 Å². The molecule has 1 aliphatic heterocycles. The largest absolute Gasteiger partial charge is 0.342 e. The molecule has 0 aliphatic carbocycles. The minimum absolute atomic E-state index is 0.0250. The van der Waals surface area contributed by atoms with Crippen LogP contribution in [-0.4, -0.2) is 53.0 Å². The smallest absolute Gasteiger partial charge is 0.294 e. The van der Waals surface area contributed by atoms with Gasteiger partial charge >= 0.3 is 0 Å². The highest BCUT2D eigenvalue weighted by Gasteiger charge is 2.43. The number of hydrogen-bond donors (Lipinski definition) is 1. The van der Waals surface area contributed by atoms with Crippen molar-refractivity contribution in [3.63, 3.8) is 0 Å². The number of aryl methyl sites for hydroxylation is 1. The highest BCUT2D eigenvalue weighted by molar-refractivity contribution is 6.44. The Labute approximate surface area is 141 Å². The van der Waals surface area contributed by atoms with Gasteiger partial charge in [0.25, 0.3) is 17.6 Å². The van der Waals surface area contributed by atoms with Crippen LogP contribution in [0.4, 0.5) is 0 Å². The first kappa shape index (κ1) is 17.8. The topological polar surface area (TPSA) is 91.7 Å². The van der Waals surface area contributed by atoms with Crippen LogP contribution < -0.4 is 5.32 Å². The number of rotatable bonds is 4. The van der Waals surface area contributed by atoms with Crippen LogP contribution in [0.25, 0.3) is 0 Å². The first-order chi connectivity index (χ1) is 11.1. The Kier molecular flexibility index (Phi) is 4.55. The van der Waals surface area contributed by atoms with Gasteiger partial charge < -0.3 is 10.2 Å². The number of Topliss-reactive ketones (excluding diaryl/α,β-unsaturated/α-hetero) is 1. The van der Waals surface area contributed by atoms with E-state index in [-0.39, 0.29) is 28.9 Å². The lowest BCUT2D eigenvalue weighted by Gasteiger charge is -2.21. The molecule has 0 saturated carbocycles. The molecule has 1 aliphatic rings. The van der Waals surface area contributed by atoms with E-state index in [1.807, 2.05) is 13.8 Å². The number of aliphatic imine (C=N–C) groups is 1. The molecule has 0 bridgehead atoms. The molecule has 0 saturated heterocycles. The maximum Gasteiger partial charge on any atom is 0.294 e. The summed E-state index contributed by atoms with van der Waals surface area (Å²) in [7, 11) is 3.02. The summed E-state index contributed by atoms with van der Waals surface area (Å²) in [5.41, 5.74) is 0.179. The van der Waals surface area contributed by atoms with Gasteiger partial charge in [0.15, 0.2) is 5.84 Å². The molecule has 0 radical (unpaired) electrons. The number of carbonyl (C=O) groups is 3. The van der Waals surface area contributed by atoms with Gasteiger partial charge in [-0.1, -0.05) is 13.8 Å². The summed E-state index contributed by atoms with van der Waals surface area (Å²) >= 11 is 0. The molecule has 128 valence electrons. The Bertz CT molecular complexity index is 752. The molecule has 1 N–H and O–H groups in total. The molecule has 1 aromatic rings. The molecule has 1 aromatic heterocycles. The molecule has 0 aromatic carbocycles. The van der Waals surface area contributed by atoms with Crippen LogP contribution in [0.15, 0.2) is 17.3 Å². The van der Waals surface area contributed by atoms with E-state index in [4.69, 9.17) is 0 Å². The number of pyridine rings is 1. The average Bonchev–Trinajstić information content (AvgIpc) is 2.82. The van der Waals surface area contributed by atoms with E-state index in [0.717, 1.165) is 5.56 Å². The first-order valence-electron chi connectivity index (χ1n) is 7.72. The second-order valence-electron chi connectivity index (χ2n) is 6.65. The van der Waals surface area contributed by atoms with Crippen LogP contribution in [0.5, 0.6) is 0 Å². The van der Waals surface area contributed by atoms with E-state index in [2.05, 4.69) is 15.3 Å². The zero-order valence-electron chi connectivity index (χ0n) is 14.8. The third-order valence-corrected chi connectivity index (χ3v) is 4.25. The monoisotopic (exact) mass is 330 g/mol. The molecule has 2 amide bonds. The summed E-state index contributed by atoms with van der Waals surface area (Å²) in [4.78, 5) is 46.8. The number of amides is 2. The van der Waals surface area contributed by atoms with Crippen molar-refractivity contribution in [3.8, 4) is 0 Å². The molecule has 7 heteroatoms. The molecule has 7 nitrogen and oxygen atoms in total. The van der Waals surface area contributed by atoms with Crippen LogP contribution in [0.2, 0.25) is 0 Å². The van der Waals surface area contributed by atoms with Crippen molar-refractivity contribution in [3.05, 3.63) is 29.1 Å². The highest BCUT2D eigenvalue weighted by Crippen LogP contribution is 2.27. The lowest BCUT2D eigenvalue weighted by Crippen LogP contribution is -2.41.